The van der Waals surface area contributed by atoms with Crippen molar-refractivity contribution in [1.29, 1.82) is 0 Å². The van der Waals surface area contributed by atoms with Gasteiger partial charge in [0.2, 0.25) is 0 Å². The van der Waals surface area contributed by atoms with E-state index in [1.807, 2.05) is 84.9 Å². The Hall–Kier alpha value is -11.4. The Morgan fingerprint density at radius 3 is 1.36 bits per heavy atom. The predicted molar refractivity (Wildman–Crippen MR) is 350 cm³/mol. The summed E-state index contributed by atoms with van der Waals surface area (Å²) in [5.74, 6) is 10.5. The molecule has 0 unspecified atom stereocenters. The third-order valence-electron chi connectivity index (χ3n) is 18.7. The van der Waals surface area contributed by atoms with Gasteiger partial charge in [-0.2, -0.15) is 0 Å². The quantitative estimate of drug-likeness (QED) is 0.0894. The van der Waals surface area contributed by atoms with Crippen molar-refractivity contribution in [3.05, 3.63) is 242 Å². The average molecular weight is 1150 g/mol. The molecule has 0 bridgehead atoms. The van der Waals surface area contributed by atoms with Crippen molar-refractivity contribution in [1.82, 2.24) is 9.13 Å². The van der Waals surface area contributed by atoms with Crippen LogP contribution in [0.15, 0.2) is 231 Å². The SMILES string of the molecule is CC(C)(C)c1cccc(-n2c3ccccc3c3ccc(Oc4cccc(-n5[c-][n+](-c6c(-c7cc8c9c(c7)Oc7cccc%10c7B9c7c(cccc7O8)O%10)cccc6-c6cc7c8c(c6)Oc6cccc9c6B8c6c(cccc6O7)O9)c6ccccc65)c4)cc32)c1. The zero-order chi connectivity index (χ0) is 58.5. The zero-order valence-corrected chi connectivity index (χ0v) is 48.3. The van der Waals surface area contributed by atoms with Crippen LogP contribution in [0.4, 0.5) is 0 Å². The van der Waals surface area contributed by atoms with E-state index in [1.165, 1.54) is 10.9 Å². The summed E-state index contributed by atoms with van der Waals surface area (Å²) in [5, 5.41) is 2.34. The van der Waals surface area contributed by atoms with Crippen LogP contribution >= 0.6 is 0 Å². The van der Waals surface area contributed by atoms with Crippen LogP contribution in [-0.2, 0) is 5.41 Å². The molecule has 89 heavy (non-hydrogen) atoms. The van der Waals surface area contributed by atoms with E-state index in [9.17, 15) is 0 Å². The molecule has 14 aromatic rings. The second-order valence-electron chi connectivity index (χ2n) is 24.8. The fraction of sp³-hybridized carbons (Fsp3) is 0.0519. The minimum Gasteiger partial charge on any atom is -0.458 e. The lowest BCUT2D eigenvalue weighted by atomic mass is 9.34. The van der Waals surface area contributed by atoms with Crippen molar-refractivity contribution in [3.63, 3.8) is 0 Å². The molecule has 0 radical (unpaired) electrons. The fourth-order valence-electron chi connectivity index (χ4n) is 14.8. The Morgan fingerprint density at radius 2 is 0.809 bits per heavy atom. The van der Waals surface area contributed by atoms with E-state index < -0.39 is 0 Å². The standard InChI is InChI=1S/C77H47B2N3O7/c1-77(2,3)45-15-8-17-47(39-45)82-54-22-5-4-19-52(54)53-34-33-49(41-57(53)82)83-48-18-9-16-46(40-48)80-42-81(56-24-7-6-23-55(56)80)76-50(43-35-66-74-67(36-43)87-63-30-12-26-59-71(63)78(74)70-58(84-59)25-11-29-62(70)86-66)20-10-21-51(76)44-37-68-75-69(38-44)89-65-32-14-28-61-73(65)79(75)72-60(85-61)27-13-31-64(72)88-68/h4-41H,1-3H3. The van der Waals surface area contributed by atoms with E-state index in [1.54, 1.807) is 0 Å². The van der Waals surface area contributed by atoms with E-state index in [0.717, 1.165) is 174 Å². The van der Waals surface area contributed by atoms with Crippen LogP contribution in [0.5, 0.6) is 80.5 Å². The Bertz CT molecular complexity index is 5180. The Balaban J connectivity index is 0.763. The van der Waals surface area contributed by atoms with E-state index in [-0.39, 0.29) is 18.8 Å². The Kier molecular flexibility index (Phi) is 9.68. The number of para-hydroxylation sites is 4. The van der Waals surface area contributed by atoms with Crippen molar-refractivity contribution in [2.75, 3.05) is 0 Å². The van der Waals surface area contributed by atoms with Crippen molar-refractivity contribution < 1.29 is 37.7 Å². The summed E-state index contributed by atoms with van der Waals surface area (Å²) in [5.41, 5.74) is 17.8. The highest BCUT2D eigenvalue weighted by molar-refractivity contribution is 7.00. The number of imidazole rings is 1. The summed E-state index contributed by atoms with van der Waals surface area (Å²) in [6, 6.07) is 80.0. The summed E-state index contributed by atoms with van der Waals surface area (Å²) in [6.07, 6.45) is 3.93. The number of hydrogen-bond donors (Lipinski definition) is 0. The van der Waals surface area contributed by atoms with Gasteiger partial charge in [-0.1, -0.05) is 124 Å². The van der Waals surface area contributed by atoms with E-state index >= 15 is 0 Å². The monoisotopic (exact) mass is 1150 g/mol. The number of nitrogens with zero attached hydrogens (tertiary/aromatic N) is 3. The number of ether oxygens (including phenoxy) is 7. The molecule has 6 aliphatic heterocycles. The maximum absolute atomic E-state index is 6.98. The normalized spacial score (nSPS) is 13.6. The van der Waals surface area contributed by atoms with Gasteiger partial charge in [0.25, 0.3) is 19.8 Å². The third kappa shape index (κ3) is 6.96. The van der Waals surface area contributed by atoms with Crippen LogP contribution in [0.25, 0.3) is 72.2 Å². The molecule has 2 aromatic heterocycles. The molecule has 20 rings (SSSR count). The lowest BCUT2D eigenvalue weighted by molar-refractivity contribution is -0.571. The zero-order valence-electron chi connectivity index (χ0n) is 48.3. The molecule has 0 aliphatic carbocycles. The molecule has 6 aliphatic rings. The van der Waals surface area contributed by atoms with Crippen LogP contribution in [-0.4, -0.2) is 22.6 Å². The number of benzene rings is 12. The average Bonchev–Trinajstić information content (AvgIpc) is 1.53. The number of fused-ring (bicyclic) bond motifs is 4. The fourth-order valence-corrected chi connectivity index (χ4v) is 14.8. The van der Waals surface area contributed by atoms with Gasteiger partial charge >= 0.3 is 0 Å². The minimum absolute atomic E-state index is 0.0153. The number of hydrogen-bond acceptors (Lipinski definition) is 7. The molecule has 8 heterocycles. The first kappa shape index (κ1) is 48.8. The van der Waals surface area contributed by atoms with Crippen molar-refractivity contribution in [3.8, 4) is 120 Å². The topological polar surface area (TPSA) is 78.4 Å². The molecule has 10 nitrogen and oxygen atoms in total. The molecule has 0 saturated heterocycles. The van der Waals surface area contributed by atoms with Gasteiger partial charge in [0.05, 0.1) is 33.4 Å². The number of aromatic nitrogens is 3. The summed E-state index contributed by atoms with van der Waals surface area (Å²) in [6.45, 7) is 6.51. The first-order valence-corrected chi connectivity index (χ1v) is 30.2. The molecule has 0 spiro atoms. The maximum atomic E-state index is 6.98. The molecule has 12 heteroatoms. The van der Waals surface area contributed by atoms with Crippen LogP contribution in [0.2, 0.25) is 0 Å². The van der Waals surface area contributed by atoms with Gasteiger partial charge in [-0.15, -0.1) is 0 Å². The highest BCUT2D eigenvalue weighted by Crippen LogP contribution is 2.48. The van der Waals surface area contributed by atoms with Gasteiger partial charge in [-0.05, 0) is 155 Å². The van der Waals surface area contributed by atoms with E-state index in [0.29, 0.717) is 5.75 Å². The van der Waals surface area contributed by atoms with Crippen molar-refractivity contribution >= 4 is 79.0 Å². The highest BCUT2D eigenvalue weighted by Gasteiger charge is 2.48. The van der Waals surface area contributed by atoms with Crippen LogP contribution in [0, 0.1) is 6.33 Å². The van der Waals surface area contributed by atoms with E-state index in [4.69, 9.17) is 33.2 Å². The molecule has 0 N–H and O–H groups in total. The van der Waals surface area contributed by atoms with Crippen molar-refractivity contribution in [2.24, 2.45) is 0 Å². The van der Waals surface area contributed by atoms with Gasteiger partial charge in [0, 0.05) is 55.3 Å². The molecule has 0 saturated carbocycles. The van der Waals surface area contributed by atoms with Crippen LogP contribution in [0.3, 0.4) is 0 Å². The van der Waals surface area contributed by atoms with Crippen LogP contribution in [0.1, 0.15) is 26.3 Å². The summed E-state index contributed by atoms with van der Waals surface area (Å²) in [4.78, 5) is 0. The third-order valence-corrected chi connectivity index (χ3v) is 18.7. The smallest absolute Gasteiger partial charge is 0.270 e. The summed E-state index contributed by atoms with van der Waals surface area (Å²) >= 11 is 0. The second kappa shape index (κ2) is 17.6. The molecule has 418 valence electrons. The van der Waals surface area contributed by atoms with Gasteiger partial charge in [-0.25, -0.2) is 0 Å². The predicted octanol–water partition coefficient (Wildman–Crippen LogP) is 14.9. The first-order chi connectivity index (χ1) is 43.7. The molecular weight excluding hydrogens is 1100 g/mol. The molecule has 0 amide bonds. The highest BCUT2D eigenvalue weighted by atomic mass is 16.5. The Labute approximate surface area is 511 Å². The van der Waals surface area contributed by atoms with Gasteiger partial charge in [0.1, 0.15) is 80.5 Å². The first-order valence-electron chi connectivity index (χ1n) is 30.2. The Morgan fingerprint density at radius 1 is 0.371 bits per heavy atom. The van der Waals surface area contributed by atoms with Crippen molar-refractivity contribution in [2.45, 2.75) is 26.2 Å². The number of rotatable bonds is 7. The largest absolute Gasteiger partial charge is 0.458 e. The van der Waals surface area contributed by atoms with Gasteiger partial charge in [0.15, 0.2) is 0 Å². The lowest BCUT2D eigenvalue weighted by Gasteiger charge is -2.37. The molecule has 12 aromatic carbocycles. The van der Waals surface area contributed by atoms with Gasteiger partial charge < -0.3 is 37.7 Å². The van der Waals surface area contributed by atoms with Gasteiger partial charge in [-0.3, -0.25) is 9.13 Å². The lowest BCUT2D eigenvalue weighted by Crippen LogP contribution is -2.59. The maximum Gasteiger partial charge on any atom is 0.270 e. The second-order valence-corrected chi connectivity index (χ2v) is 24.8. The molecular formula is C77H47B2N3O7. The van der Waals surface area contributed by atoms with Crippen LogP contribution < -0.4 is 70.5 Å². The molecule has 0 atom stereocenters. The molecule has 0 fully saturated rings. The summed E-state index contributed by atoms with van der Waals surface area (Å²) < 4.78 is 54.6. The minimum atomic E-state index is -0.134. The van der Waals surface area contributed by atoms with E-state index in [2.05, 4.69) is 186 Å². The summed E-state index contributed by atoms with van der Waals surface area (Å²) in [7, 11) is 0.